The molecule has 146 valence electrons. The number of methoxy groups -OCH3 is 1. The first-order valence-electron chi connectivity index (χ1n) is 9.00. The number of nitrogens with zero attached hydrogens (tertiary/aromatic N) is 1. The smallest absolute Gasteiger partial charge is 0.328 e. The molecule has 7 nitrogen and oxygen atoms in total. The van der Waals surface area contributed by atoms with Gasteiger partial charge in [0, 0.05) is 12.6 Å². The molecule has 1 fully saturated rings. The largest absolute Gasteiger partial charge is 0.481 e. The second kappa shape index (κ2) is 8.79. The molecule has 2 rings (SSSR count). The van der Waals surface area contributed by atoms with Crippen LogP contribution in [-0.2, 0) is 19.1 Å². The van der Waals surface area contributed by atoms with E-state index in [0.29, 0.717) is 25.0 Å². The molecule has 0 saturated heterocycles. The third-order valence-electron chi connectivity index (χ3n) is 5.03. The molecule has 27 heavy (non-hydrogen) atoms. The topological polar surface area (TPSA) is 105 Å². The molecule has 1 aliphatic rings. The number of benzene rings is 1. The van der Waals surface area contributed by atoms with Gasteiger partial charge in [-0.2, -0.15) is 0 Å². The van der Waals surface area contributed by atoms with E-state index in [2.05, 4.69) is 5.32 Å². The van der Waals surface area contributed by atoms with Gasteiger partial charge in [0.25, 0.3) is 0 Å². The number of rotatable bonds is 7. The fraction of sp³-hybridized carbons (Fsp3) is 0.500. The van der Waals surface area contributed by atoms with E-state index in [4.69, 9.17) is 9.73 Å². The minimum absolute atomic E-state index is 0.0745. The Morgan fingerprint density at radius 3 is 2.52 bits per heavy atom. The molecular formula is C20H26N2O5. The highest BCUT2D eigenvalue weighted by Gasteiger charge is 2.49. The van der Waals surface area contributed by atoms with Crippen LogP contribution in [-0.4, -0.2) is 41.8 Å². The van der Waals surface area contributed by atoms with E-state index in [0.717, 1.165) is 5.56 Å². The fourth-order valence-electron chi connectivity index (χ4n) is 3.64. The Hall–Kier alpha value is -2.70. The van der Waals surface area contributed by atoms with Crippen LogP contribution in [0.25, 0.3) is 0 Å². The Labute approximate surface area is 158 Å². The van der Waals surface area contributed by atoms with E-state index in [1.165, 1.54) is 14.0 Å². The molecule has 1 saturated carbocycles. The number of carbonyl (C=O) groups excluding carboxylic acids is 2. The van der Waals surface area contributed by atoms with Crippen molar-refractivity contribution in [2.24, 2.45) is 10.4 Å². The molecule has 0 heterocycles. The number of nitrogens with one attached hydrogen (secondary N) is 1. The van der Waals surface area contributed by atoms with E-state index >= 15 is 0 Å². The molecule has 7 heteroatoms. The average Bonchev–Trinajstić information content (AvgIpc) is 3.04. The van der Waals surface area contributed by atoms with Gasteiger partial charge in [-0.15, -0.1) is 0 Å². The number of carboxylic acid groups (broad SMARTS) is 1. The van der Waals surface area contributed by atoms with Crippen molar-refractivity contribution < 1.29 is 24.2 Å². The zero-order valence-electron chi connectivity index (χ0n) is 15.9. The zero-order chi connectivity index (χ0) is 20.0. The van der Waals surface area contributed by atoms with Crippen molar-refractivity contribution in [1.82, 2.24) is 5.32 Å². The second-order valence-corrected chi connectivity index (χ2v) is 6.88. The molecule has 1 aromatic carbocycles. The van der Waals surface area contributed by atoms with Gasteiger partial charge in [0.2, 0.25) is 5.91 Å². The quantitative estimate of drug-likeness (QED) is 0.714. The predicted molar refractivity (Wildman–Crippen MR) is 100 cm³/mol. The summed E-state index contributed by atoms with van der Waals surface area (Å²) in [5, 5.41) is 12.5. The van der Waals surface area contributed by atoms with Gasteiger partial charge in [-0.3, -0.25) is 14.6 Å². The van der Waals surface area contributed by atoms with Gasteiger partial charge < -0.3 is 15.2 Å². The van der Waals surface area contributed by atoms with Crippen molar-refractivity contribution >= 4 is 23.6 Å². The first-order valence-corrected chi connectivity index (χ1v) is 9.00. The van der Waals surface area contributed by atoms with Crippen molar-refractivity contribution in [3.8, 4) is 0 Å². The average molecular weight is 374 g/mol. The molecule has 1 aliphatic carbocycles. The maximum absolute atomic E-state index is 12.2. The number of hydrogen-bond donors (Lipinski definition) is 2. The summed E-state index contributed by atoms with van der Waals surface area (Å²) in [6.45, 7) is 3.20. The lowest BCUT2D eigenvalue weighted by Crippen LogP contribution is -2.48. The van der Waals surface area contributed by atoms with E-state index in [1.807, 2.05) is 37.3 Å². The molecule has 0 radical (unpaired) electrons. The SMILES string of the molecule is COC(=O)[C@H](C[C@@]1(C(=O)O)CCC/C1=N\[C@@H](C)c1ccccc1)NC(C)=O. The molecule has 1 amide bonds. The summed E-state index contributed by atoms with van der Waals surface area (Å²) >= 11 is 0. The van der Waals surface area contributed by atoms with Gasteiger partial charge >= 0.3 is 11.9 Å². The van der Waals surface area contributed by atoms with Crippen molar-refractivity contribution in [2.75, 3.05) is 7.11 Å². The molecule has 0 aliphatic heterocycles. The summed E-state index contributed by atoms with van der Waals surface area (Å²) in [6, 6.07) is 8.40. The summed E-state index contributed by atoms with van der Waals surface area (Å²) in [5.74, 6) is -2.11. The molecule has 3 atom stereocenters. The van der Waals surface area contributed by atoms with Gasteiger partial charge in [-0.25, -0.2) is 4.79 Å². The number of ether oxygens (including phenoxy) is 1. The van der Waals surface area contributed by atoms with Gasteiger partial charge in [0.05, 0.1) is 13.2 Å². The normalized spacial score (nSPS) is 22.9. The van der Waals surface area contributed by atoms with Crippen LogP contribution in [0.2, 0.25) is 0 Å². The lowest BCUT2D eigenvalue weighted by atomic mass is 9.78. The maximum atomic E-state index is 12.2. The van der Waals surface area contributed by atoms with Gasteiger partial charge in [0.1, 0.15) is 11.5 Å². The minimum atomic E-state index is -1.29. The van der Waals surface area contributed by atoms with Crippen LogP contribution in [0.4, 0.5) is 0 Å². The second-order valence-electron chi connectivity index (χ2n) is 6.88. The standard InChI is InChI=1S/C20H26N2O5/c1-13(15-8-5-4-6-9-15)21-17-10-7-11-20(17,19(25)26)12-16(18(24)27-3)22-14(2)23/h4-6,8-9,13,16H,7,10-12H2,1-3H3,(H,22,23)(H,25,26)/b21-17+/t13-,16-,20-/m0/s1. The maximum Gasteiger partial charge on any atom is 0.328 e. The molecule has 0 unspecified atom stereocenters. The van der Waals surface area contributed by atoms with Crippen LogP contribution in [0, 0.1) is 5.41 Å². The van der Waals surface area contributed by atoms with Crippen LogP contribution in [0.5, 0.6) is 0 Å². The number of aliphatic imine (C=N–C) groups is 1. The van der Waals surface area contributed by atoms with E-state index in [1.54, 1.807) is 0 Å². The minimum Gasteiger partial charge on any atom is -0.481 e. The van der Waals surface area contributed by atoms with E-state index in [-0.39, 0.29) is 12.5 Å². The first-order chi connectivity index (χ1) is 12.8. The first kappa shape index (κ1) is 20.6. The van der Waals surface area contributed by atoms with Crippen molar-refractivity contribution in [1.29, 1.82) is 0 Å². The predicted octanol–water partition coefficient (Wildman–Crippen LogP) is 2.51. The summed E-state index contributed by atoms with van der Waals surface area (Å²) in [6.07, 6.45) is 1.52. The molecular weight excluding hydrogens is 348 g/mol. The number of carboxylic acids is 1. The van der Waals surface area contributed by atoms with Gasteiger partial charge in [-0.05, 0) is 38.2 Å². The lowest BCUT2D eigenvalue weighted by Gasteiger charge is -2.29. The monoisotopic (exact) mass is 374 g/mol. The van der Waals surface area contributed by atoms with Crippen LogP contribution >= 0.6 is 0 Å². The van der Waals surface area contributed by atoms with Crippen LogP contribution in [0.1, 0.15) is 51.1 Å². The molecule has 2 N–H and O–H groups in total. The summed E-state index contributed by atoms with van der Waals surface area (Å²) in [5.41, 5.74) is 0.262. The highest BCUT2D eigenvalue weighted by Crippen LogP contribution is 2.41. The van der Waals surface area contributed by atoms with E-state index in [9.17, 15) is 19.5 Å². The number of aliphatic carboxylic acids is 1. The van der Waals surface area contributed by atoms with Crippen LogP contribution < -0.4 is 5.32 Å². The van der Waals surface area contributed by atoms with Crippen LogP contribution in [0.3, 0.4) is 0 Å². The highest BCUT2D eigenvalue weighted by atomic mass is 16.5. The number of amides is 1. The Balaban J connectivity index is 2.36. The number of hydrogen-bond acceptors (Lipinski definition) is 5. The van der Waals surface area contributed by atoms with Crippen molar-refractivity contribution in [2.45, 2.75) is 51.6 Å². The highest BCUT2D eigenvalue weighted by molar-refractivity contribution is 6.08. The van der Waals surface area contributed by atoms with E-state index < -0.39 is 29.3 Å². The number of carbonyl (C=O) groups is 3. The third-order valence-corrected chi connectivity index (χ3v) is 5.03. The summed E-state index contributed by atoms with van der Waals surface area (Å²) in [4.78, 5) is 40.5. The summed E-state index contributed by atoms with van der Waals surface area (Å²) < 4.78 is 4.75. The molecule has 0 spiro atoms. The Bertz CT molecular complexity index is 731. The van der Waals surface area contributed by atoms with Crippen LogP contribution in [0.15, 0.2) is 35.3 Å². The molecule has 0 bridgehead atoms. The van der Waals surface area contributed by atoms with Gasteiger partial charge in [-0.1, -0.05) is 30.3 Å². The Morgan fingerprint density at radius 2 is 1.96 bits per heavy atom. The Kier molecular flexibility index (Phi) is 6.71. The fourth-order valence-corrected chi connectivity index (χ4v) is 3.64. The number of esters is 1. The zero-order valence-corrected chi connectivity index (χ0v) is 15.9. The lowest BCUT2D eigenvalue weighted by molar-refractivity contribution is -0.149. The summed E-state index contributed by atoms with van der Waals surface area (Å²) in [7, 11) is 1.21. The molecule has 0 aromatic heterocycles. The third kappa shape index (κ3) is 4.72. The van der Waals surface area contributed by atoms with Gasteiger partial charge in [0.15, 0.2) is 0 Å². The molecule has 1 aromatic rings. The van der Waals surface area contributed by atoms with Crippen molar-refractivity contribution in [3.05, 3.63) is 35.9 Å². The van der Waals surface area contributed by atoms with Crippen molar-refractivity contribution in [3.63, 3.8) is 0 Å². The Morgan fingerprint density at radius 1 is 1.30 bits per heavy atom.